The van der Waals surface area contributed by atoms with Gasteiger partial charge >= 0.3 is 35.8 Å². The Kier molecular flexibility index (Phi) is 18.3. The molecule has 59 heavy (non-hydrogen) atoms. The Bertz CT molecular complexity index is 1870. The fourth-order valence-electron chi connectivity index (χ4n) is 7.20. The number of ketones is 1. The second-order valence-corrected chi connectivity index (χ2v) is 15.0. The lowest BCUT2D eigenvalue weighted by molar-refractivity contribution is -0.144. The zero-order valence-corrected chi connectivity index (χ0v) is 35.0. The molecule has 0 radical (unpaired) electrons. The number of hydrogen-bond acceptors (Lipinski definition) is 11. The number of benzene rings is 2. The molecular formula is C45H58O14. The number of ether oxygens (including phenoxy) is 4. The summed E-state index contributed by atoms with van der Waals surface area (Å²) in [5.41, 5.74) is -1.64. The summed E-state index contributed by atoms with van der Waals surface area (Å²) < 4.78 is 23.3. The van der Waals surface area contributed by atoms with E-state index in [1.165, 1.54) is 31.2 Å². The highest BCUT2D eigenvalue weighted by atomic mass is 16.6. The molecule has 0 bridgehead atoms. The van der Waals surface area contributed by atoms with Gasteiger partial charge in [-0.05, 0) is 79.5 Å². The van der Waals surface area contributed by atoms with E-state index in [0.717, 1.165) is 6.26 Å². The summed E-state index contributed by atoms with van der Waals surface area (Å²) >= 11 is 0. The van der Waals surface area contributed by atoms with Crippen LogP contribution in [0.1, 0.15) is 166 Å². The van der Waals surface area contributed by atoms with Crippen molar-refractivity contribution < 1.29 is 67.8 Å². The molecule has 0 fully saturated rings. The molecule has 1 aliphatic rings. The van der Waals surface area contributed by atoms with E-state index in [1.54, 1.807) is 6.92 Å². The minimum absolute atomic E-state index is 0.00936. The smallest absolute Gasteiger partial charge is 0.318 e. The predicted molar refractivity (Wildman–Crippen MR) is 216 cm³/mol. The SMILES string of the molecule is CCCCC(=O)Oc1cc(C(CC(C)=O)(C(=O)O)C2=COc3cc(C(CCC)C(=O)O)cc(C(CCC)C(=O)O)c3C2)cc(OC(=O)CCCC)c1OC(=O)CCCC. The molecule has 3 unspecified atom stereocenters. The fraction of sp³-hybridized carbons (Fsp3) is 0.533. The number of hydrogen-bond donors (Lipinski definition) is 3. The third-order valence-electron chi connectivity index (χ3n) is 10.3. The highest BCUT2D eigenvalue weighted by Crippen LogP contribution is 2.49. The molecule has 3 N–H and O–H groups in total. The maximum atomic E-state index is 13.9. The van der Waals surface area contributed by atoms with Crippen LogP contribution in [0.3, 0.4) is 0 Å². The first-order valence-corrected chi connectivity index (χ1v) is 20.6. The molecule has 2 aromatic carbocycles. The topological polar surface area (TPSA) is 217 Å². The second-order valence-electron chi connectivity index (χ2n) is 15.0. The van der Waals surface area contributed by atoms with Crippen molar-refractivity contribution in [2.24, 2.45) is 0 Å². The number of esters is 3. The van der Waals surface area contributed by atoms with Crippen LogP contribution in [0.25, 0.3) is 0 Å². The van der Waals surface area contributed by atoms with Crippen LogP contribution < -0.4 is 18.9 Å². The molecule has 0 aliphatic carbocycles. The van der Waals surface area contributed by atoms with E-state index in [9.17, 15) is 48.9 Å². The maximum absolute atomic E-state index is 13.9. The molecular weight excluding hydrogens is 764 g/mol. The first-order valence-electron chi connectivity index (χ1n) is 20.6. The first kappa shape index (κ1) is 47.8. The van der Waals surface area contributed by atoms with Crippen LogP contribution >= 0.6 is 0 Å². The average molecular weight is 823 g/mol. The second kappa shape index (κ2) is 22.6. The van der Waals surface area contributed by atoms with Crippen LogP contribution in [0.5, 0.6) is 23.0 Å². The number of carbonyl (C=O) groups is 7. The monoisotopic (exact) mass is 822 g/mol. The normalized spacial score (nSPS) is 14.0. The predicted octanol–water partition coefficient (Wildman–Crippen LogP) is 8.73. The number of rotatable bonds is 25. The zero-order chi connectivity index (χ0) is 43.9. The molecule has 1 heterocycles. The van der Waals surface area contributed by atoms with Gasteiger partial charge in [0.05, 0.1) is 18.1 Å². The van der Waals surface area contributed by atoms with Gasteiger partial charge in [0, 0.05) is 37.7 Å². The summed E-state index contributed by atoms with van der Waals surface area (Å²) in [5.74, 6) is -9.78. The summed E-state index contributed by atoms with van der Waals surface area (Å²) in [7, 11) is 0. The Hall–Kier alpha value is -5.53. The van der Waals surface area contributed by atoms with E-state index in [-0.39, 0.29) is 61.0 Å². The van der Waals surface area contributed by atoms with Crippen LogP contribution in [-0.4, -0.2) is 56.9 Å². The Labute approximate surface area is 345 Å². The van der Waals surface area contributed by atoms with Gasteiger partial charge in [-0.1, -0.05) is 72.8 Å². The van der Waals surface area contributed by atoms with E-state index in [4.69, 9.17) is 18.9 Å². The molecule has 3 rings (SSSR count). The summed E-state index contributed by atoms with van der Waals surface area (Å²) in [6.07, 6.45) is 4.82. The minimum atomic E-state index is -2.31. The molecule has 1 aliphatic heterocycles. The Balaban J connectivity index is 2.44. The Morgan fingerprint density at radius 3 is 1.61 bits per heavy atom. The summed E-state index contributed by atoms with van der Waals surface area (Å²) in [6.45, 7) is 10.4. The number of fused-ring (bicyclic) bond motifs is 1. The van der Waals surface area contributed by atoms with E-state index in [0.29, 0.717) is 62.5 Å². The number of aliphatic carboxylic acids is 3. The number of carboxylic acids is 3. The number of carboxylic acid groups (broad SMARTS) is 3. The van der Waals surface area contributed by atoms with E-state index < -0.39 is 82.5 Å². The minimum Gasteiger partial charge on any atom is -0.481 e. The quantitative estimate of drug-likeness (QED) is 0.0630. The lowest BCUT2D eigenvalue weighted by atomic mass is 9.68. The van der Waals surface area contributed by atoms with E-state index in [2.05, 4.69) is 0 Å². The van der Waals surface area contributed by atoms with E-state index in [1.807, 2.05) is 27.7 Å². The average Bonchev–Trinajstić information content (AvgIpc) is 3.18. The van der Waals surface area contributed by atoms with Gasteiger partial charge in [0.25, 0.3) is 0 Å². The molecule has 0 saturated carbocycles. The van der Waals surface area contributed by atoms with Crippen LogP contribution in [0.2, 0.25) is 0 Å². The van der Waals surface area contributed by atoms with Crippen molar-refractivity contribution in [3.63, 3.8) is 0 Å². The fourth-order valence-corrected chi connectivity index (χ4v) is 7.20. The van der Waals surface area contributed by atoms with Gasteiger partial charge in [0.1, 0.15) is 16.9 Å². The van der Waals surface area contributed by atoms with Gasteiger partial charge in [-0.25, -0.2) is 0 Å². The van der Waals surface area contributed by atoms with Crippen LogP contribution in [0.15, 0.2) is 36.1 Å². The largest absolute Gasteiger partial charge is 0.481 e. The highest BCUT2D eigenvalue weighted by molar-refractivity contribution is 5.94. The van der Waals surface area contributed by atoms with Gasteiger partial charge in [0.2, 0.25) is 5.75 Å². The van der Waals surface area contributed by atoms with Crippen molar-refractivity contribution in [3.8, 4) is 23.0 Å². The molecule has 0 spiro atoms. The molecule has 0 amide bonds. The summed E-state index contributed by atoms with van der Waals surface area (Å²) in [6, 6.07) is 5.39. The lowest BCUT2D eigenvalue weighted by Gasteiger charge is -2.35. The van der Waals surface area contributed by atoms with Gasteiger partial charge in [-0.15, -0.1) is 0 Å². The van der Waals surface area contributed by atoms with Crippen molar-refractivity contribution in [2.75, 3.05) is 0 Å². The third kappa shape index (κ3) is 12.2. The molecule has 0 saturated heterocycles. The number of Topliss-reactive ketones (excluding diaryl/α,β-unsaturated/α-hetero) is 1. The van der Waals surface area contributed by atoms with Crippen LogP contribution in [0.4, 0.5) is 0 Å². The number of unbranched alkanes of at least 4 members (excludes halogenated alkanes) is 3. The van der Waals surface area contributed by atoms with Gasteiger partial charge < -0.3 is 34.3 Å². The maximum Gasteiger partial charge on any atom is 0.318 e. The van der Waals surface area contributed by atoms with Crippen molar-refractivity contribution in [2.45, 2.75) is 155 Å². The molecule has 0 aromatic heterocycles. The lowest BCUT2D eigenvalue weighted by Crippen LogP contribution is -2.41. The Morgan fingerprint density at radius 1 is 0.678 bits per heavy atom. The number of carbonyl (C=O) groups excluding carboxylic acids is 4. The molecule has 2 aromatic rings. The standard InChI is InChI=1S/C45H58O14/c1-7-12-17-38(47)57-36-23-29(24-37(58-39(48)18-13-8-2)41(36)59-40(49)19-14-9-3)45(44(54)55,25-27(6)46)30-22-34-33(32(16-11-5)43(52)53)20-28(21-35(34)56-26-30)31(15-10-4)42(50)51/h20-21,23-24,26,31-32H,7-19,22,25H2,1-6H3,(H,50,51)(H,52,53)(H,54,55). The molecule has 14 heteroatoms. The zero-order valence-electron chi connectivity index (χ0n) is 35.0. The van der Waals surface area contributed by atoms with Crippen LogP contribution in [0, 0.1) is 0 Å². The van der Waals surface area contributed by atoms with Crippen molar-refractivity contribution in [1.29, 1.82) is 0 Å². The highest BCUT2D eigenvalue weighted by Gasteiger charge is 2.48. The molecule has 322 valence electrons. The molecule has 14 nitrogen and oxygen atoms in total. The van der Waals surface area contributed by atoms with Gasteiger partial charge in [0.15, 0.2) is 11.5 Å². The summed E-state index contributed by atoms with van der Waals surface area (Å²) in [5, 5.41) is 31.8. The van der Waals surface area contributed by atoms with Crippen molar-refractivity contribution in [3.05, 3.63) is 58.4 Å². The first-order chi connectivity index (χ1) is 28.1. The van der Waals surface area contributed by atoms with Gasteiger partial charge in [-0.3, -0.25) is 33.6 Å². The summed E-state index contributed by atoms with van der Waals surface area (Å²) in [4.78, 5) is 91.7. The van der Waals surface area contributed by atoms with E-state index >= 15 is 0 Å². The van der Waals surface area contributed by atoms with Crippen molar-refractivity contribution >= 4 is 41.6 Å². The van der Waals surface area contributed by atoms with Crippen LogP contribution in [-0.2, 0) is 45.4 Å². The Morgan fingerprint density at radius 2 is 1.17 bits per heavy atom. The molecule has 3 atom stereocenters. The van der Waals surface area contributed by atoms with Gasteiger partial charge in [-0.2, -0.15) is 0 Å². The van der Waals surface area contributed by atoms with Crippen molar-refractivity contribution in [1.82, 2.24) is 0 Å². The third-order valence-corrected chi connectivity index (χ3v) is 10.3.